The molecule has 4 heterocycles. The first-order valence-corrected chi connectivity index (χ1v) is 11.7. The van der Waals surface area contributed by atoms with Crippen LogP contribution in [0.3, 0.4) is 0 Å². The highest BCUT2D eigenvalue weighted by Crippen LogP contribution is 2.37. The molecule has 1 amide bonds. The van der Waals surface area contributed by atoms with Crippen molar-refractivity contribution in [3.63, 3.8) is 0 Å². The van der Waals surface area contributed by atoms with E-state index in [1.165, 1.54) is 17.0 Å². The summed E-state index contributed by atoms with van der Waals surface area (Å²) in [4.78, 5) is 24.3. The number of pyridine rings is 1. The second kappa shape index (κ2) is 8.96. The Labute approximate surface area is 191 Å². The number of rotatable bonds is 6. The molecule has 0 spiro atoms. The molecule has 1 aliphatic rings. The fourth-order valence-electron chi connectivity index (χ4n) is 4.39. The Bertz CT molecular complexity index is 1190. The molecule has 0 aliphatic carbocycles. The molecule has 1 aliphatic heterocycles. The van der Waals surface area contributed by atoms with Crippen molar-refractivity contribution in [2.45, 2.75) is 31.8 Å². The van der Waals surface area contributed by atoms with Crippen molar-refractivity contribution in [1.29, 1.82) is 0 Å². The SMILES string of the molecule is CC(c1ccncc1)n1cccc1C(=O)Nc1nc(C2CCCN2c2ccccc2)cs1. The second-order valence-corrected chi connectivity index (χ2v) is 8.83. The average molecular weight is 444 g/mol. The molecule has 5 rings (SSSR count). The molecule has 1 saturated heterocycles. The molecule has 1 aromatic carbocycles. The van der Waals surface area contributed by atoms with E-state index in [2.05, 4.69) is 51.8 Å². The number of carbonyl (C=O) groups is 1. The minimum absolute atomic E-state index is 0.0264. The van der Waals surface area contributed by atoms with Crippen LogP contribution in [0.5, 0.6) is 0 Å². The third kappa shape index (κ3) is 4.03. The molecule has 2 atom stereocenters. The first-order chi connectivity index (χ1) is 15.7. The predicted octanol–water partition coefficient (Wildman–Crippen LogP) is 5.54. The lowest BCUT2D eigenvalue weighted by molar-refractivity contribution is 0.101. The van der Waals surface area contributed by atoms with Gasteiger partial charge in [-0.05, 0) is 61.7 Å². The van der Waals surface area contributed by atoms with Crippen molar-refractivity contribution >= 4 is 28.1 Å². The van der Waals surface area contributed by atoms with E-state index in [1.54, 1.807) is 12.4 Å². The number of nitrogens with zero attached hydrogens (tertiary/aromatic N) is 4. The monoisotopic (exact) mass is 443 g/mol. The van der Waals surface area contributed by atoms with Crippen LogP contribution in [0.4, 0.5) is 10.8 Å². The highest BCUT2D eigenvalue weighted by molar-refractivity contribution is 7.14. The number of aromatic nitrogens is 3. The lowest BCUT2D eigenvalue weighted by atomic mass is 10.1. The van der Waals surface area contributed by atoms with E-state index in [9.17, 15) is 4.79 Å². The number of para-hydroxylation sites is 1. The van der Waals surface area contributed by atoms with E-state index in [-0.39, 0.29) is 18.0 Å². The molecule has 0 radical (unpaired) electrons. The van der Waals surface area contributed by atoms with Gasteiger partial charge < -0.3 is 9.47 Å². The Morgan fingerprint density at radius 1 is 1.12 bits per heavy atom. The summed E-state index contributed by atoms with van der Waals surface area (Å²) in [6.45, 7) is 3.10. The minimum atomic E-state index is -0.150. The summed E-state index contributed by atoms with van der Waals surface area (Å²) in [6.07, 6.45) is 7.68. The van der Waals surface area contributed by atoms with Crippen LogP contribution in [0, 0.1) is 0 Å². The molecular weight excluding hydrogens is 418 g/mol. The average Bonchev–Trinajstić information content (AvgIpc) is 3.60. The number of carbonyl (C=O) groups excluding carboxylic acids is 1. The van der Waals surface area contributed by atoms with E-state index >= 15 is 0 Å². The van der Waals surface area contributed by atoms with Crippen LogP contribution in [-0.4, -0.2) is 27.0 Å². The number of nitrogens with one attached hydrogen (secondary N) is 1. The van der Waals surface area contributed by atoms with Gasteiger partial charge in [0.2, 0.25) is 0 Å². The highest BCUT2D eigenvalue weighted by atomic mass is 32.1. The Balaban J connectivity index is 1.32. The van der Waals surface area contributed by atoms with Crippen molar-refractivity contribution < 1.29 is 4.79 Å². The largest absolute Gasteiger partial charge is 0.363 e. The Hall–Kier alpha value is -3.45. The number of anilines is 2. The normalized spacial score (nSPS) is 16.8. The molecule has 1 N–H and O–H groups in total. The van der Waals surface area contributed by atoms with Crippen LogP contribution in [0.1, 0.15) is 53.6 Å². The van der Waals surface area contributed by atoms with Gasteiger partial charge in [-0.15, -0.1) is 11.3 Å². The first kappa shape index (κ1) is 20.5. The Morgan fingerprint density at radius 2 is 1.94 bits per heavy atom. The molecule has 2 unspecified atom stereocenters. The molecule has 32 heavy (non-hydrogen) atoms. The van der Waals surface area contributed by atoms with Crippen LogP contribution in [-0.2, 0) is 0 Å². The predicted molar refractivity (Wildman–Crippen MR) is 128 cm³/mol. The summed E-state index contributed by atoms with van der Waals surface area (Å²) in [5, 5.41) is 5.71. The molecular formula is C25H25N5OS. The van der Waals surface area contributed by atoms with E-state index in [0.29, 0.717) is 10.8 Å². The van der Waals surface area contributed by atoms with E-state index in [4.69, 9.17) is 4.98 Å². The third-order valence-corrected chi connectivity index (χ3v) is 6.82. The summed E-state index contributed by atoms with van der Waals surface area (Å²) in [6, 6.07) is 18.4. The molecule has 3 aromatic heterocycles. The van der Waals surface area contributed by atoms with Gasteiger partial charge in [0.1, 0.15) is 5.69 Å². The summed E-state index contributed by atoms with van der Waals surface area (Å²) >= 11 is 1.48. The maximum Gasteiger partial charge on any atom is 0.274 e. The minimum Gasteiger partial charge on any atom is -0.363 e. The third-order valence-electron chi connectivity index (χ3n) is 6.04. The summed E-state index contributed by atoms with van der Waals surface area (Å²) in [7, 11) is 0. The summed E-state index contributed by atoms with van der Waals surface area (Å²) in [5.41, 5.74) is 3.95. The Morgan fingerprint density at radius 3 is 2.75 bits per heavy atom. The lowest BCUT2D eigenvalue weighted by Crippen LogP contribution is -2.23. The maximum atomic E-state index is 13.1. The molecule has 162 valence electrons. The fourth-order valence-corrected chi connectivity index (χ4v) is 5.14. The van der Waals surface area contributed by atoms with Gasteiger partial charge in [0.15, 0.2) is 5.13 Å². The van der Waals surface area contributed by atoms with Gasteiger partial charge in [-0.1, -0.05) is 18.2 Å². The quantitative estimate of drug-likeness (QED) is 0.425. The van der Waals surface area contributed by atoms with Crippen molar-refractivity contribution in [2.75, 3.05) is 16.8 Å². The van der Waals surface area contributed by atoms with Gasteiger partial charge in [-0.3, -0.25) is 15.1 Å². The zero-order valence-corrected chi connectivity index (χ0v) is 18.7. The van der Waals surface area contributed by atoms with E-state index < -0.39 is 0 Å². The van der Waals surface area contributed by atoms with Gasteiger partial charge in [-0.25, -0.2) is 4.98 Å². The fraction of sp³-hybridized carbons (Fsp3) is 0.240. The zero-order valence-electron chi connectivity index (χ0n) is 17.9. The lowest BCUT2D eigenvalue weighted by Gasteiger charge is -2.25. The molecule has 4 aromatic rings. The number of hydrogen-bond acceptors (Lipinski definition) is 5. The number of amides is 1. The number of benzene rings is 1. The van der Waals surface area contributed by atoms with E-state index in [0.717, 1.165) is 30.6 Å². The maximum absolute atomic E-state index is 13.1. The topological polar surface area (TPSA) is 63.1 Å². The smallest absolute Gasteiger partial charge is 0.274 e. The van der Waals surface area contributed by atoms with Crippen LogP contribution >= 0.6 is 11.3 Å². The molecule has 7 heteroatoms. The van der Waals surface area contributed by atoms with Gasteiger partial charge in [0, 0.05) is 36.2 Å². The summed E-state index contributed by atoms with van der Waals surface area (Å²) in [5.74, 6) is -0.150. The standard InChI is InChI=1S/C25H25N5OS/c1-18(19-11-13-26-14-12-19)29-15-6-10-23(29)24(31)28-25-27-21(17-32-25)22-9-5-16-30(22)20-7-3-2-4-8-20/h2-4,6-8,10-15,17-18,22H,5,9,16H2,1H3,(H,27,28,31). The second-order valence-electron chi connectivity index (χ2n) is 7.98. The summed E-state index contributed by atoms with van der Waals surface area (Å²) < 4.78 is 1.98. The van der Waals surface area contributed by atoms with Crippen molar-refractivity contribution in [3.8, 4) is 0 Å². The van der Waals surface area contributed by atoms with Crippen molar-refractivity contribution in [2.24, 2.45) is 0 Å². The zero-order chi connectivity index (χ0) is 21.9. The number of thiazole rings is 1. The Kier molecular flexibility index (Phi) is 5.73. The molecule has 0 saturated carbocycles. The first-order valence-electron chi connectivity index (χ1n) is 10.9. The molecule has 1 fully saturated rings. The number of hydrogen-bond donors (Lipinski definition) is 1. The molecule has 0 bridgehead atoms. The van der Waals surface area contributed by atoms with Crippen LogP contribution in [0.2, 0.25) is 0 Å². The van der Waals surface area contributed by atoms with Crippen molar-refractivity contribution in [1.82, 2.24) is 14.5 Å². The van der Waals surface area contributed by atoms with Crippen LogP contribution in [0.15, 0.2) is 78.6 Å². The van der Waals surface area contributed by atoms with Gasteiger partial charge in [0.05, 0.1) is 17.8 Å². The van der Waals surface area contributed by atoms with Gasteiger partial charge in [0.25, 0.3) is 5.91 Å². The highest BCUT2D eigenvalue weighted by Gasteiger charge is 2.28. The van der Waals surface area contributed by atoms with Crippen LogP contribution < -0.4 is 10.2 Å². The van der Waals surface area contributed by atoms with Gasteiger partial charge >= 0.3 is 0 Å². The van der Waals surface area contributed by atoms with Gasteiger partial charge in [-0.2, -0.15) is 0 Å². The van der Waals surface area contributed by atoms with Crippen LogP contribution in [0.25, 0.3) is 0 Å². The van der Waals surface area contributed by atoms with E-state index in [1.807, 2.05) is 41.1 Å². The van der Waals surface area contributed by atoms with Crippen molar-refractivity contribution in [3.05, 3.63) is 95.5 Å². The molecule has 6 nitrogen and oxygen atoms in total.